The van der Waals surface area contributed by atoms with Crippen molar-refractivity contribution in [2.24, 2.45) is 35.5 Å². The molecule has 5 aliphatic rings. The summed E-state index contributed by atoms with van der Waals surface area (Å²) in [6.45, 7) is 3.46. The second kappa shape index (κ2) is 5.29. The van der Waals surface area contributed by atoms with Gasteiger partial charge in [0.15, 0.2) is 0 Å². The van der Waals surface area contributed by atoms with Gasteiger partial charge in [-0.2, -0.15) is 0 Å². The first-order chi connectivity index (χ1) is 12.5. The van der Waals surface area contributed by atoms with Crippen molar-refractivity contribution in [3.63, 3.8) is 0 Å². The van der Waals surface area contributed by atoms with E-state index < -0.39 is 0 Å². The minimum Gasteiger partial charge on any atom is -0.294 e. The molecule has 0 aromatic heterocycles. The summed E-state index contributed by atoms with van der Waals surface area (Å²) in [6.07, 6.45) is 5.48. The molecule has 1 aromatic rings. The Morgan fingerprint density at radius 2 is 1.58 bits per heavy atom. The van der Waals surface area contributed by atoms with Crippen molar-refractivity contribution in [2.45, 2.75) is 20.3 Å². The molecule has 1 aromatic carbocycles. The van der Waals surface area contributed by atoms with Gasteiger partial charge < -0.3 is 0 Å². The van der Waals surface area contributed by atoms with E-state index in [9.17, 15) is 14.4 Å². The van der Waals surface area contributed by atoms with Gasteiger partial charge in [-0.15, -0.1) is 0 Å². The number of aryl methyl sites for hydroxylation is 1. The van der Waals surface area contributed by atoms with Gasteiger partial charge in [0.1, 0.15) is 6.67 Å². The highest BCUT2D eigenvalue weighted by Crippen LogP contribution is 2.65. The molecule has 0 unspecified atom stereocenters. The summed E-state index contributed by atoms with van der Waals surface area (Å²) in [6, 6.07) is 7.57. The Morgan fingerprint density at radius 1 is 1.04 bits per heavy atom. The monoisotopic (exact) mass is 350 g/mol. The third-order valence-corrected chi connectivity index (χ3v) is 6.76. The number of rotatable bonds is 3. The number of nitrogens with zero attached hydrogens (tertiary/aromatic N) is 2. The first-order valence-corrected chi connectivity index (χ1v) is 9.35. The number of hydrogen-bond donors (Lipinski definition) is 0. The number of benzene rings is 1. The molecule has 2 saturated carbocycles. The number of allylic oxidation sites excluding steroid dienone is 2. The second-order valence-corrected chi connectivity index (χ2v) is 8.18. The van der Waals surface area contributed by atoms with Crippen molar-refractivity contribution in [1.82, 2.24) is 4.90 Å². The van der Waals surface area contributed by atoms with Crippen LogP contribution in [0.1, 0.15) is 18.9 Å². The van der Waals surface area contributed by atoms with Crippen LogP contribution in [-0.2, 0) is 14.4 Å². The molecular weight excluding hydrogens is 328 g/mol. The van der Waals surface area contributed by atoms with Crippen molar-refractivity contribution in [1.29, 1.82) is 0 Å². The lowest BCUT2D eigenvalue weighted by Crippen LogP contribution is -2.44. The summed E-state index contributed by atoms with van der Waals surface area (Å²) in [7, 11) is 0. The zero-order valence-corrected chi connectivity index (χ0v) is 15.0. The van der Waals surface area contributed by atoms with Crippen LogP contribution in [-0.4, -0.2) is 29.3 Å². The number of hydrogen-bond acceptors (Lipinski definition) is 3. The lowest BCUT2D eigenvalue weighted by molar-refractivity contribution is -0.140. The molecule has 5 nitrogen and oxygen atoms in total. The molecule has 1 heterocycles. The fourth-order valence-electron chi connectivity index (χ4n) is 5.39. The Hall–Kier alpha value is -2.43. The van der Waals surface area contributed by atoms with E-state index in [2.05, 4.69) is 12.2 Å². The number of carbonyl (C=O) groups is 3. The summed E-state index contributed by atoms with van der Waals surface area (Å²) >= 11 is 0. The third-order valence-electron chi connectivity index (χ3n) is 6.76. The van der Waals surface area contributed by atoms with E-state index in [4.69, 9.17) is 0 Å². The van der Waals surface area contributed by atoms with E-state index in [0.29, 0.717) is 17.5 Å². The molecule has 1 aliphatic heterocycles. The van der Waals surface area contributed by atoms with E-state index in [-0.39, 0.29) is 48.1 Å². The SMILES string of the molecule is CC(=O)N(CN1C(=O)[C@H]2[C@@H]3C=C[C@H]([C@H]4C[C@H]34)[C@@H]2C1=O)c1ccc(C)cc1. The van der Waals surface area contributed by atoms with Crippen LogP contribution in [0.15, 0.2) is 36.4 Å². The average molecular weight is 350 g/mol. The van der Waals surface area contributed by atoms with Crippen molar-refractivity contribution >= 4 is 23.4 Å². The molecule has 5 heteroatoms. The second-order valence-electron chi connectivity index (χ2n) is 8.18. The molecule has 2 bridgehead atoms. The minimum absolute atomic E-state index is 0.0117. The fraction of sp³-hybridized carbons (Fsp3) is 0.476. The molecule has 3 amide bonds. The van der Waals surface area contributed by atoms with Crippen molar-refractivity contribution in [3.05, 3.63) is 42.0 Å². The van der Waals surface area contributed by atoms with Gasteiger partial charge in [-0.3, -0.25) is 24.2 Å². The minimum atomic E-state index is -0.215. The quantitative estimate of drug-likeness (QED) is 0.621. The Morgan fingerprint density at radius 3 is 2.08 bits per heavy atom. The Kier molecular flexibility index (Phi) is 3.21. The zero-order chi connectivity index (χ0) is 18.2. The predicted octanol–water partition coefficient (Wildman–Crippen LogP) is 2.36. The van der Waals surface area contributed by atoms with Crippen LogP contribution >= 0.6 is 0 Å². The maximum absolute atomic E-state index is 13.1. The number of amides is 3. The molecule has 0 radical (unpaired) electrons. The van der Waals surface area contributed by atoms with Gasteiger partial charge >= 0.3 is 0 Å². The van der Waals surface area contributed by atoms with Crippen LogP contribution in [0.25, 0.3) is 0 Å². The molecule has 3 fully saturated rings. The van der Waals surface area contributed by atoms with E-state index in [1.54, 1.807) is 0 Å². The normalized spacial score (nSPS) is 36.2. The summed E-state index contributed by atoms with van der Waals surface area (Å²) in [5, 5.41) is 0. The number of anilines is 1. The number of likely N-dealkylation sites (tertiary alicyclic amines) is 1. The van der Waals surface area contributed by atoms with Crippen LogP contribution in [0.2, 0.25) is 0 Å². The largest absolute Gasteiger partial charge is 0.294 e. The van der Waals surface area contributed by atoms with Crippen LogP contribution in [0, 0.1) is 42.4 Å². The predicted molar refractivity (Wildman–Crippen MR) is 95.8 cm³/mol. The van der Waals surface area contributed by atoms with Crippen LogP contribution in [0.4, 0.5) is 5.69 Å². The van der Waals surface area contributed by atoms with Crippen molar-refractivity contribution < 1.29 is 14.4 Å². The van der Waals surface area contributed by atoms with Gasteiger partial charge in [-0.05, 0) is 49.1 Å². The lowest BCUT2D eigenvalue weighted by atomic mass is 9.63. The molecule has 1 saturated heterocycles. The number of carbonyl (C=O) groups excluding carboxylic acids is 3. The van der Waals surface area contributed by atoms with Crippen LogP contribution in [0.3, 0.4) is 0 Å². The summed E-state index contributed by atoms with van der Waals surface area (Å²) in [5.74, 6) is 0.802. The Labute approximate surface area is 152 Å². The molecule has 6 atom stereocenters. The van der Waals surface area contributed by atoms with Crippen LogP contribution in [0.5, 0.6) is 0 Å². The molecule has 134 valence electrons. The summed E-state index contributed by atoms with van der Waals surface area (Å²) in [5.41, 5.74) is 1.81. The van der Waals surface area contributed by atoms with E-state index in [1.165, 1.54) is 16.7 Å². The Bertz CT molecular complexity index is 807. The van der Waals surface area contributed by atoms with Gasteiger partial charge in [-0.25, -0.2) is 0 Å². The first kappa shape index (κ1) is 15.8. The molecule has 0 N–H and O–H groups in total. The molecule has 6 rings (SSSR count). The third kappa shape index (κ3) is 2.06. The fourth-order valence-corrected chi connectivity index (χ4v) is 5.39. The van der Waals surface area contributed by atoms with Gasteiger partial charge in [0.25, 0.3) is 0 Å². The highest BCUT2D eigenvalue weighted by atomic mass is 16.2. The number of imide groups is 1. The summed E-state index contributed by atoms with van der Waals surface area (Å²) in [4.78, 5) is 41.2. The maximum atomic E-state index is 13.1. The summed E-state index contributed by atoms with van der Waals surface area (Å²) < 4.78 is 0. The van der Waals surface area contributed by atoms with Crippen molar-refractivity contribution in [2.75, 3.05) is 11.6 Å². The van der Waals surface area contributed by atoms with Gasteiger partial charge in [-0.1, -0.05) is 29.8 Å². The average Bonchev–Trinajstić information content (AvgIpc) is 3.40. The molecule has 0 spiro atoms. The topological polar surface area (TPSA) is 57.7 Å². The first-order valence-electron chi connectivity index (χ1n) is 9.35. The van der Waals surface area contributed by atoms with E-state index in [0.717, 1.165) is 12.0 Å². The Balaban J connectivity index is 1.44. The molecular formula is C21H22N2O3. The smallest absolute Gasteiger partial charge is 0.235 e. The van der Waals surface area contributed by atoms with Crippen molar-refractivity contribution in [3.8, 4) is 0 Å². The zero-order valence-electron chi connectivity index (χ0n) is 15.0. The standard InChI is InChI=1S/C21H22N2O3/c1-11-3-5-13(6-4-11)22(12(2)24)10-23-20(25)18-14-7-8-15(17-9-16(14)17)19(18)21(23)26/h3-8,14-19H,9-10H2,1-2H3/t14-,15-,16-,17-,18+,19+/m1/s1. The van der Waals surface area contributed by atoms with Gasteiger partial charge in [0.05, 0.1) is 11.8 Å². The van der Waals surface area contributed by atoms with Gasteiger partial charge in [0.2, 0.25) is 17.7 Å². The molecule has 26 heavy (non-hydrogen) atoms. The lowest BCUT2D eigenvalue weighted by Gasteiger charge is -2.37. The molecule has 4 aliphatic carbocycles. The van der Waals surface area contributed by atoms with Gasteiger partial charge in [0, 0.05) is 12.6 Å². The highest BCUT2D eigenvalue weighted by Gasteiger charge is 2.67. The van der Waals surface area contributed by atoms with E-state index >= 15 is 0 Å². The maximum Gasteiger partial charge on any atom is 0.235 e. The van der Waals surface area contributed by atoms with Crippen LogP contribution < -0.4 is 4.90 Å². The van der Waals surface area contributed by atoms with E-state index in [1.807, 2.05) is 31.2 Å². The highest BCUT2D eigenvalue weighted by molar-refractivity contribution is 6.07.